The molecular formula is C17H25FN2O. The normalized spacial score (nSPS) is 28.7. The monoisotopic (exact) mass is 292 g/mol. The SMILES string of the molecule is CC(c1ccc(F)cc1O)N1CCCCC1C1CCCN1. The number of rotatable bonds is 3. The molecule has 2 N–H and O–H groups in total. The topological polar surface area (TPSA) is 35.5 Å². The van der Waals surface area contributed by atoms with Crippen molar-refractivity contribution in [2.45, 2.75) is 57.2 Å². The standard InChI is InChI=1S/C17H25FN2O/c1-12(14-8-7-13(18)11-17(14)21)20-10-3-2-6-16(20)15-5-4-9-19-15/h7-8,11-12,15-16,19,21H,2-6,9-10H2,1H3. The quantitative estimate of drug-likeness (QED) is 0.898. The van der Waals surface area contributed by atoms with Crippen LogP contribution in [0.4, 0.5) is 4.39 Å². The second kappa shape index (κ2) is 6.32. The Morgan fingerprint density at radius 2 is 2.14 bits per heavy atom. The summed E-state index contributed by atoms with van der Waals surface area (Å²) in [7, 11) is 0. The second-order valence-corrected chi connectivity index (χ2v) is 6.38. The molecule has 2 fully saturated rings. The molecule has 3 nitrogen and oxygen atoms in total. The molecule has 0 aliphatic carbocycles. The Morgan fingerprint density at radius 1 is 1.29 bits per heavy atom. The van der Waals surface area contributed by atoms with Crippen molar-refractivity contribution in [3.63, 3.8) is 0 Å². The van der Waals surface area contributed by atoms with Gasteiger partial charge in [0.1, 0.15) is 11.6 Å². The molecule has 0 spiro atoms. The molecule has 3 atom stereocenters. The van der Waals surface area contributed by atoms with E-state index in [0.29, 0.717) is 12.1 Å². The zero-order chi connectivity index (χ0) is 14.8. The number of hydrogen-bond acceptors (Lipinski definition) is 3. The molecule has 0 radical (unpaired) electrons. The van der Waals surface area contributed by atoms with E-state index in [1.807, 2.05) is 0 Å². The van der Waals surface area contributed by atoms with Gasteiger partial charge in [0.15, 0.2) is 0 Å². The predicted molar refractivity (Wildman–Crippen MR) is 81.8 cm³/mol. The number of phenolic OH excluding ortho intramolecular Hbond substituents is 1. The van der Waals surface area contributed by atoms with Gasteiger partial charge in [-0.25, -0.2) is 4.39 Å². The first-order valence-corrected chi connectivity index (χ1v) is 8.14. The Morgan fingerprint density at radius 3 is 2.86 bits per heavy atom. The van der Waals surface area contributed by atoms with E-state index >= 15 is 0 Å². The van der Waals surface area contributed by atoms with Gasteiger partial charge in [-0.1, -0.05) is 12.5 Å². The van der Waals surface area contributed by atoms with Gasteiger partial charge in [0.05, 0.1) is 0 Å². The number of nitrogens with zero attached hydrogens (tertiary/aromatic N) is 1. The van der Waals surface area contributed by atoms with Crippen LogP contribution in [0, 0.1) is 5.82 Å². The molecule has 21 heavy (non-hydrogen) atoms. The maximum absolute atomic E-state index is 13.2. The molecule has 1 aromatic carbocycles. The molecule has 3 unspecified atom stereocenters. The van der Waals surface area contributed by atoms with Crippen LogP contribution in [0.25, 0.3) is 0 Å². The third-order valence-corrected chi connectivity index (χ3v) is 5.10. The van der Waals surface area contributed by atoms with Crippen LogP contribution in [0.5, 0.6) is 5.75 Å². The average molecular weight is 292 g/mol. The minimum Gasteiger partial charge on any atom is -0.508 e. The summed E-state index contributed by atoms with van der Waals surface area (Å²) in [5, 5.41) is 13.7. The lowest BCUT2D eigenvalue weighted by Gasteiger charge is -2.43. The number of piperidine rings is 1. The minimum atomic E-state index is -0.379. The molecule has 116 valence electrons. The van der Waals surface area contributed by atoms with Crippen molar-refractivity contribution >= 4 is 0 Å². The van der Waals surface area contributed by atoms with E-state index in [9.17, 15) is 9.50 Å². The van der Waals surface area contributed by atoms with Crippen LogP contribution in [-0.4, -0.2) is 35.2 Å². The third-order valence-electron chi connectivity index (χ3n) is 5.10. The van der Waals surface area contributed by atoms with Crippen LogP contribution in [0.1, 0.15) is 50.6 Å². The van der Waals surface area contributed by atoms with Crippen molar-refractivity contribution in [3.05, 3.63) is 29.6 Å². The van der Waals surface area contributed by atoms with Crippen LogP contribution < -0.4 is 5.32 Å². The number of aromatic hydroxyl groups is 1. The van der Waals surface area contributed by atoms with Gasteiger partial charge in [0.25, 0.3) is 0 Å². The highest BCUT2D eigenvalue weighted by Crippen LogP contribution is 2.35. The fourth-order valence-corrected chi connectivity index (χ4v) is 3.98. The van der Waals surface area contributed by atoms with Gasteiger partial charge < -0.3 is 10.4 Å². The lowest BCUT2D eigenvalue weighted by molar-refractivity contribution is 0.0791. The molecule has 0 aromatic heterocycles. The second-order valence-electron chi connectivity index (χ2n) is 6.38. The van der Waals surface area contributed by atoms with Gasteiger partial charge in [-0.05, 0) is 51.8 Å². The lowest BCUT2D eigenvalue weighted by atomic mass is 9.91. The van der Waals surface area contributed by atoms with Gasteiger partial charge in [0.2, 0.25) is 0 Å². The summed E-state index contributed by atoms with van der Waals surface area (Å²) < 4.78 is 13.2. The molecule has 2 aliphatic heterocycles. The molecule has 4 heteroatoms. The van der Waals surface area contributed by atoms with E-state index in [2.05, 4.69) is 17.1 Å². The van der Waals surface area contributed by atoms with Crippen LogP contribution in [0.15, 0.2) is 18.2 Å². The number of halogens is 1. The Balaban J connectivity index is 1.81. The molecular weight excluding hydrogens is 267 g/mol. The first-order valence-electron chi connectivity index (χ1n) is 8.14. The van der Waals surface area contributed by atoms with Crippen molar-refractivity contribution in [2.75, 3.05) is 13.1 Å². The summed E-state index contributed by atoms with van der Waals surface area (Å²) in [4.78, 5) is 2.50. The number of hydrogen-bond donors (Lipinski definition) is 2. The highest BCUT2D eigenvalue weighted by molar-refractivity contribution is 5.35. The van der Waals surface area contributed by atoms with Gasteiger partial charge in [0, 0.05) is 29.8 Å². The predicted octanol–water partition coefficient (Wildman–Crippen LogP) is 3.20. The molecule has 3 rings (SSSR count). The van der Waals surface area contributed by atoms with Crippen molar-refractivity contribution < 1.29 is 9.50 Å². The van der Waals surface area contributed by atoms with Crippen LogP contribution >= 0.6 is 0 Å². The summed E-state index contributed by atoms with van der Waals surface area (Å²) in [5.41, 5.74) is 0.835. The van der Waals surface area contributed by atoms with E-state index in [4.69, 9.17) is 0 Å². The Kier molecular flexibility index (Phi) is 4.45. The van der Waals surface area contributed by atoms with Crippen molar-refractivity contribution in [1.82, 2.24) is 10.2 Å². The summed E-state index contributed by atoms with van der Waals surface area (Å²) in [6.07, 6.45) is 6.19. The van der Waals surface area contributed by atoms with Gasteiger partial charge in [-0.3, -0.25) is 4.90 Å². The number of nitrogens with one attached hydrogen (secondary N) is 1. The van der Waals surface area contributed by atoms with Crippen molar-refractivity contribution in [3.8, 4) is 5.75 Å². The smallest absolute Gasteiger partial charge is 0.126 e. The number of phenols is 1. The Labute approximate surface area is 126 Å². The maximum Gasteiger partial charge on any atom is 0.126 e. The first kappa shape index (κ1) is 14.8. The van der Waals surface area contributed by atoms with E-state index < -0.39 is 0 Å². The summed E-state index contributed by atoms with van der Waals surface area (Å²) in [5.74, 6) is -0.303. The highest BCUT2D eigenvalue weighted by atomic mass is 19.1. The van der Waals surface area contributed by atoms with E-state index in [1.165, 1.54) is 44.2 Å². The van der Waals surface area contributed by atoms with Crippen LogP contribution in [0.3, 0.4) is 0 Å². The average Bonchev–Trinajstić information content (AvgIpc) is 3.01. The zero-order valence-electron chi connectivity index (χ0n) is 12.7. The summed E-state index contributed by atoms with van der Waals surface area (Å²) in [6, 6.07) is 5.61. The van der Waals surface area contributed by atoms with Crippen LogP contribution in [0.2, 0.25) is 0 Å². The number of likely N-dealkylation sites (tertiary alicyclic amines) is 1. The summed E-state index contributed by atoms with van der Waals surface area (Å²) >= 11 is 0. The minimum absolute atomic E-state index is 0.0752. The van der Waals surface area contributed by atoms with Gasteiger partial charge in [-0.2, -0.15) is 0 Å². The highest BCUT2D eigenvalue weighted by Gasteiger charge is 2.34. The Bertz CT molecular complexity index is 488. The zero-order valence-corrected chi connectivity index (χ0v) is 12.7. The molecule has 0 bridgehead atoms. The van der Waals surface area contributed by atoms with Crippen LogP contribution in [-0.2, 0) is 0 Å². The lowest BCUT2D eigenvalue weighted by Crippen LogP contribution is -2.50. The molecule has 2 heterocycles. The molecule has 0 amide bonds. The molecule has 2 aliphatic rings. The first-order chi connectivity index (χ1) is 10.2. The molecule has 0 saturated carbocycles. The maximum atomic E-state index is 13.2. The van der Waals surface area contributed by atoms with E-state index in [-0.39, 0.29) is 17.6 Å². The largest absolute Gasteiger partial charge is 0.508 e. The molecule has 1 aromatic rings. The van der Waals surface area contributed by atoms with E-state index in [0.717, 1.165) is 18.7 Å². The van der Waals surface area contributed by atoms with Gasteiger partial charge >= 0.3 is 0 Å². The molecule has 2 saturated heterocycles. The van der Waals surface area contributed by atoms with Gasteiger partial charge in [-0.15, -0.1) is 0 Å². The summed E-state index contributed by atoms with van der Waals surface area (Å²) in [6.45, 7) is 4.30. The fraction of sp³-hybridized carbons (Fsp3) is 0.647. The van der Waals surface area contributed by atoms with Crippen molar-refractivity contribution in [1.29, 1.82) is 0 Å². The fourth-order valence-electron chi connectivity index (χ4n) is 3.98. The Hall–Kier alpha value is -1.13. The van der Waals surface area contributed by atoms with Crippen molar-refractivity contribution in [2.24, 2.45) is 0 Å². The third kappa shape index (κ3) is 3.06. The number of benzene rings is 1. The van der Waals surface area contributed by atoms with E-state index in [1.54, 1.807) is 6.07 Å².